The Morgan fingerprint density at radius 3 is 3.12 bits per heavy atom. The van der Waals surface area contributed by atoms with E-state index in [9.17, 15) is 4.79 Å². The first-order chi connectivity index (χ1) is 12.0. The zero-order chi connectivity index (χ0) is 17.6. The van der Waals surface area contributed by atoms with Crippen molar-refractivity contribution in [1.29, 1.82) is 0 Å². The largest absolute Gasteiger partial charge is 0.492 e. The van der Waals surface area contributed by atoms with Crippen molar-refractivity contribution in [2.45, 2.75) is 19.4 Å². The van der Waals surface area contributed by atoms with E-state index >= 15 is 0 Å². The number of amides is 1. The number of imidazole rings is 1. The van der Waals surface area contributed by atoms with Gasteiger partial charge in [0.15, 0.2) is 10.8 Å². The number of ether oxygens (including phenoxy) is 1. The third kappa shape index (κ3) is 2.85. The van der Waals surface area contributed by atoms with Gasteiger partial charge in [0.05, 0.1) is 12.3 Å². The molecule has 1 unspecified atom stereocenters. The third-order valence-electron chi connectivity index (χ3n) is 4.17. The lowest BCUT2D eigenvalue weighted by atomic mass is 10.1. The monoisotopic (exact) mass is 418 g/mol. The normalized spacial score (nSPS) is 14.2. The van der Waals surface area contributed by atoms with E-state index in [1.807, 2.05) is 18.2 Å². The van der Waals surface area contributed by atoms with E-state index in [4.69, 9.17) is 15.5 Å². The summed E-state index contributed by atoms with van der Waals surface area (Å²) < 4.78 is 8.58. The summed E-state index contributed by atoms with van der Waals surface area (Å²) in [6.45, 7) is 2.36. The number of hydrogen-bond acceptors (Lipinski definition) is 5. The Labute approximate surface area is 156 Å². The first-order valence-corrected chi connectivity index (χ1v) is 9.40. The van der Waals surface area contributed by atoms with Gasteiger partial charge < -0.3 is 15.0 Å². The Hall–Kier alpha value is -2.19. The summed E-state index contributed by atoms with van der Waals surface area (Å²) in [7, 11) is 0. The maximum absolute atomic E-state index is 11.6. The van der Waals surface area contributed by atoms with Crippen molar-refractivity contribution in [2.75, 3.05) is 6.61 Å². The summed E-state index contributed by atoms with van der Waals surface area (Å²) in [6, 6.07) is 5.46. The molecule has 0 fully saturated rings. The lowest BCUT2D eigenvalue weighted by Gasteiger charge is -2.11. The predicted molar refractivity (Wildman–Crippen MR) is 99.6 cm³/mol. The summed E-state index contributed by atoms with van der Waals surface area (Å²) in [5, 5.41) is 0.777. The first-order valence-electron chi connectivity index (χ1n) is 7.79. The number of primary amides is 1. The maximum Gasteiger partial charge on any atom is 0.240 e. The number of fused-ring (bicyclic) bond motifs is 3. The molecule has 1 amide bonds. The van der Waals surface area contributed by atoms with Gasteiger partial charge in [-0.1, -0.05) is 15.9 Å². The van der Waals surface area contributed by atoms with Gasteiger partial charge in [0.1, 0.15) is 11.8 Å². The van der Waals surface area contributed by atoms with Crippen molar-refractivity contribution < 1.29 is 9.53 Å². The number of benzene rings is 1. The molecular weight excluding hydrogens is 404 g/mol. The molecule has 0 spiro atoms. The first kappa shape index (κ1) is 16.3. The summed E-state index contributed by atoms with van der Waals surface area (Å²) in [6.07, 6.45) is 4.20. The van der Waals surface area contributed by atoms with Gasteiger partial charge in [-0.2, -0.15) is 0 Å². The highest BCUT2D eigenvalue weighted by Gasteiger charge is 2.24. The molecule has 0 radical (unpaired) electrons. The number of thiazole rings is 1. The van der Waals surface area contributed by atoms with Crippen LogP contribution in [0.4, 0.5) is 0 Å². The Morgan fingerprint density at radius 1 is 1.48 bits per heavy atom. The lowest BCUT2D eigenvalue weighted by Crippen LogP contribution is -2.24. The number of hydrogen-bond donors (Lipinski definition) is 1. The second-order valence-electron chi connectivity index (χ2n) is 5.77. The highest BCUT2D eigenvalue weighted by molar-refractivity contribution is 9.10. The minimum atomic E-state index is -0.479. The number of nitrogens with two attached hydrogens (primary N) is 1. The molecule has 3 aromatic rings. The SMILES string of the molecule is CC(C(N)=O)n1ccnc1-c1nc2c(s1)CCOc1cc(Br)ccc1-2. The van der Waals surface area contributed by atoms with Crippen LogP contribution in [0.2, 0.25) is 0 Å². The van der Waals surface area contributed by atoms with Crippen molar-refractivity contribution in [3.05, 3.63) is 39.9 Å². The van der Waals surface area contributed by atoms with Gasteiger partial charge >= 0.3 is 0 Å². The Kier molecular flexibility index (Phi) is 4.09. The van der Waals surface area contributed by atoms with Crippen LogP contribution in [0.5, 0.6) is 5.75 Å². The van der Waals surface area contributed by atoms with E-state index in [0.717, 1.165) is 37.8 Å². The summed E-state index contributed by atoms with van der Waals surface area (Å²) in [5.41, 5.74) is 7.33. The molecule has 6 nitrogen and oxygen atoms in total. The summed E-state index contributed by atoms with van der Waals surface area (Å²) in [5.74, 6) is 1.07. The Morgan fingerprint density at radius 2 is 2.32 bits per heavy atom. The van der Waals surface area contributed by atoms with Gasteiger partial charge in [-0.15, -0.1) is 11.3 Å². The molecule has 0 bridgehead atoms. The average Bonchev–Trinajstić information content (AvgIpc) is 3.18. The maximum atomic E-state index is 11.6. The van der Waals surface area contributed by atoms with Crippen molar-refractivity contribution >= 4 is 33.2 Å². The molecule has 0 saturated heterocycles. The average molecular weight is 419 g/mol. The predicted octanol–water partition coefficient (Wildman–Crippen LogP) is 3.42. The van der Waals surface area contributed by atoms with E-state index in [-0.39, 0.29) is 0 Å². The number of carbonyl (C=O) groups excluding carboxylic acids is 1. The minimum Gasteiger partial charge on any atom is -0.492 e. The van der Waals surface area contributed by atoms with E-state index in [1.165, 1.54) is 0 Å². The molecule has 3 heterocycles. The second-order valence-corrected chi connectivity index (χ2v) is 7.77. The zero-order valence-electron chi connectivity index (χ0n) is 13.4. The summed E-state index contributed by atoms with van der Waals surface area (Å²) >= 11 is 5.06. The van der Waals surface area contributed by atoms with Crippen LogP contribution >= 0.6 is 27.3 Å². The zero-order valence-corrected chi connectivity index (χ0v) is 15.8. The van der Waals surface area contributed by atoms with Crippen LogP contribution in [0.25, 0.3) is 22.1 Å². The van der Waals surface area contributed by atoms with E-state index in [2.05, 4.69) is 20.9 Å². The van der Waals surface area contributed by atoms with E-state index < -0.39 is 11.9 Å². The standard InChI is InChI=1S/C17H15BrN4O2S/c1-9(15(19)23)22-6-5-20-16(22)17-21-14-11-3-2-10(18)8-12(11)24-7-4-13(14)25-17/h2-3,5-6,8-9H,4,7H2,1H3,(H2,19,23). The van der Waals surface area contributed by atoms with Crippen molar-refractivity contribution in [2.24, 2.45) is 5.73 Å². The molecule has 1 aliphatic rings. The molecular formula is C17H15BrN4O2S. The van der Waals surface area contributed by atoms with E-state index in [1.54, 1.807) is 35.2 Å². The van der Waals surface area contributed by atoms with Crippen LogP contribution < -0.4 is 10.5 Å². The molecule has 0 saturated carbocycles. The fraction of sp³-hybridized carbons (Fsp3) is 0.235. The number of rotatable bonds is 3. The molecule has 2 N–H and O–H groups in total. The molecule has 25 heavy (non-hydrogen) atoms. The van der Waals surface area contributed by atoms with Crippen LogP contribution in [0, 0.1) is 0 Å². The molecule has 8 heteroatoms. The molecule has 128 valence electrons. The van der Waals surface area contributed by atoms with Crippen LogP contribution in [0.3, 0.4) is 0 Å². The number of nitrogens with zero attached hydrogens (tertiary/aromatic N) is 3. The summed E-state index contributed by atoms with van der Waals surface area (Å²) in [4.78, 5) is 21.9. The van der Waals surface area contributed by atoms with Crippen molar-refractivity contribution in [1.82, 2.24) is 14.5 Å². The molecule has 4 rings (SSSR count). The molecule has 1 aromatic carbocycles. The number of halogens is 1. The Bertz CT molecular complexity index is 965. The van der Waals surface area contributed by atoms with Crippen LogP contribution in [-0.2, 0) is 11.2 Å². The lowest BCUT2D eigenvalue weighted by molar-refractivity contribution is -0.120. The van der Waals surface area contributed by atoms with Gasteiger partial charge in [0.2, 0.25) is 5.91 Å². The van der Waals surface area contributed by atoms with Crippen molar-refractivity contribution in [3.8, 4) is 27.8 Å². The Balaban J connectivity index is 1.83. The highest BCUT2D eigenvalue weighted by atomic mass is 79.9. The quantitative estimate of drug-likeness (QED) is 0.705. The minimum absolute atomic E-state index is 0.402. The smallest absolute Gasteiger partial charge is 0.240 e. The van der Waals surface area contributed by atoms with Crippen molar-refractivity contribution in [3.63, 3.8) is 0 Å². The number of aromatic nitrogens is 3. The van der Waals surface area contributed by atoms with E-state index in [0.29, 0.717) is 12.4 Å². The van der Waals surface area contributed by atoms with Crippen LogP contribution in [0.15, 0.2) is 35.1 Å². The van der Waals surface area contributed by atoms with Crippen LogP contribution in [-0.4, -0.2) is 27.0 Å². The van der Waals surface area contributed by atoms with Gasteiger partial charge in [0, 0.05) is 33.7 Å². The topological polar surface area (TPSA) is 83.0 Å². The van der Waals surface area contributed by atoms with Gasteiger partial charge in [-0.05, 0) is 25.1 Å². The molecule has 1 aliphatic heterocycles. The van der Waals surface area contributed by atoms with Gasteiger partial charge in [0.25, 0.3) is 0 Å². The highest BCUT2D eigenvalue weighted by Crippen LogP contribution is 2.41. The van der Waals surface area contributed by atoms with Gasteiger partial charge in [-0.3, -0.25) is 4.79 Å². The fourth-order valence-electron chi connectivity index (χ4n) is 2.82. The molecule has 1 atom stereocenters. The molecule has 0 aliphatic carbocycles. The van der Waals surface area contributed by atoms with Gasteiger partial charge in [-0.25, -0.2) is 9.97 Å². The fourth-order valence-corrected chi connectivity index (χ4v) is 4.22. The number of carbonyl (C=O) groups is 1. The van der Waals surface area contributed by atoms with Crippen LogP contribution in [0.1, 0.15) is 17.8 Å². The third-order valence-corrected chi connectivity index (χ3v) is 5.78. The molecule has 2 aromatic heterocycles. The second kappa shape index (κ2) is 6.27.